The molecule has 2 N–H and O–H groups in total. The topological polar surface area (TPSA) is 51.4 Å². The molecule has 1 aliphatic carbocycles. The number of nitrogens with zero attached hydrogens (tertiary/aromatic N) is 2. The highest BCUT2D eigenvalue weighted by atomic mass is 16.5. The first-order valence-corrected chi connectivity index (χ1v) is 6.96. The molecule has 0 radical (unpaired) electrons. The molecule has 0 bridgehead atoms. The van der Waals surface area contributed by atoms with Gasteiger partial charge >= 0.3 is 0 Å². The van der Waals surface area contributed by atoms with E-state index in [1.54, 1.807) is 13.2 Å². The van der Waals surface area contributed by atoms with Crippen LogP contribution in [0.2, 0.25) is 0 Å². The van der Waals surface area contributed by atoms with E-state index in [1.165, 1.54) is 25.7 Å². The van der Waals surface area contributed by atoms with Crippen molar-refractivity contribution in [3.63, 3.8) is 0 Å². The Balaban J connectivity index is 2.13. The van der Waals surface area contributed by atoms with Crippen LogP contribution in [0.25, 0.3) is 0 Å². The van der Waals surface area contributed by atoms with Crippen molar-refractivity contribution in [2.75, 3.05) is 24.8 Å². The van der Waals surface area contributed by atoms with Gasteiger partial charge in [-0.3, -0.25) is 0 Å². The summed E-state index contributed by atoms with van der Waals surface area (Å²) in [6.45, 7) is 4.70. The first kappa shape index (κ1) is 14.0. The zero-order chi connectivity index (χ0) is 14.0. The molecule has 1 aromatic heterocycles. The third kappa shape index (κ3) is 3.11. The molecule has 4 heteroatoms. The van der Waals surface area contributed by atoms with Gasteiger partial charge in [0, 0.05) is 19.2 Å². The fraction of sp³-hybridized carbons (Fsp3) is 0.667. The van der Waals surface area contributed by atoms with Crippen LogP contribution < -0.4 is 15.4 Å². The van der Waals surface area contributed by atoms with Gasteiger partial charge in [-0.2, -0.15) is 4.98 Å². The number of pyridine rings is 1. The third-order valence-electron chi connectivity index (χ3n) is 4.28. The number of aromatic nitrogens is 1. The summed E-state index contributed by atoms with van der Waals surface area (Å²) in [5.74, 6) is 1.45. The standard InChI is InChI=1S/C15H25N3O/c1-15(2)9-7-11(8-10-15)18(3)14-12(16)5-6-13(17-14)19-4/h5-6,11H,7-10,16H2,1-4H3. The molecule has 4 nitrogen and oxygen atoms in total. The largest absolute Gasteiger partial charge is 0.481 e. The Hall–Kier alpha value is -1.45. The van der Waals surface area contributed by atoms with E-state index in [0.717, 1.165) is 5.82 Å². The normalized spacial score (nSPS) is 19.2. The van der Waals surface area contributed by atoms with Crippen molar-refractivity contribution in [1.82, 2.24) is 4.98 Å². The lowest BCUT2D eigenvalue weighted by Crippen LogP contribution is -2.38. The van der Waals surface area contributed by atoms with E-state index in [4.69, 9.17) is 10.5 Å². The van der Waals surface area contributed by atoms with E-state index in [2.05, 4.69) is 30.8 Å². The molecule has 0 atom stereocenters. The Bertz CT molecular complexity index is 435. The van der Waals surface area contributed by atoms with Gasteiger partial charge in [0.05, 0.1) is 12.8 Å². The second-order valence-electron chi connectivity index (χ2n) is 6.27. The molecule has 1 aromatic rings. The van der Waals surface area contributed by atoms with E-state index in [-0.39, 0.29) is 0 Å². The molecular formula is C15H25N3O. The summed E-state index contributed by atoms with van der Waals surface area (Å²) in [6, 6.07) is 4.19. The predicted octanol–water partition coefficient (Wildman–Crippen LogP) is 3.08. The van der Waals surface area contributed by atoms with Crippen molar-refractivity contribution in [3.05, 3.63) is 12.1 Å². The number of hydrogen-bond donors (Lipinski definition) is 1. The van der Waals surface area contributed by atoms with Crippen LogP contribution in [0.1, 0.15) is 39.5 Å². The highest BCUT2D eigenvalue weighted by Crippen LogP contribution is 2.38. The molecule has 0 saturated heterocycles. The van der Waals surface area contributed by atoms with E-state index in [1.807, 2.05) is 6.07 Å². The zero-order valence-corrected chi connectivity index (χ0v) is 12.4. The summed E-state index contributed by atoms with van der Waals surface area (Å²) in [5, 5.41) is 0. The summed E-state index contributed by atoms with van der Waals surface area (Å²) in [4.78, 5) is 6.70. The van der Waals surface area contributed by atoms with E-state index in [9.17, 15) is 0 Å². The molecule has 0 unspecified atom stereocenters. The Morgan fingerprint density at radius 2 is 1.95 bits per heavy atom. The Kier molecular flexibility index (Phi) is 3.88. The summed E-state index contributed by atoms with van der Waals surface area (Å²) < 4.78 is 5.19. The van der Waals surface area contributed by atoms with Gasteiger partial charge in [-0.15, -0.1) is 0 Å². The van der Waals surface area contributed by atoms with Gasteiger partial charge in [0.25, 0.3) is 0 Å². The minimum atomic E-state index is 0.477. The van der Waals surface area contributed by atoms with Crippen LogP contribution in [0, 0.1) is 5.41 Å². The summed E-state index contributed by atoms with van der Waals surface area (Å²) in [6.07, 6.45) is 4.90. The average Bonchev–Trinajstić information content (AvgIpc) is 2.38. The molecular weight excluding hydrogens is 238 g/mol. The minimum Gasteiger partial charge on any atom is -0.481 e. The summed E-state index contributed by atoms with van der Waals surface area (Å²) in [7, 11) is 3.71. The van der Waals surface area contributed by atoms with Gasteiger partial charge in [0.1, 0.15) is 0 Å². The van der Waals surface area contributed by atoms with Crippen molar-refractivity contribution in [2.24, 2.45) is 5.41 Å². The first-order valence-electron chi connectivity index (χ1n) is 6.96. The molecule has 0 aromatic carbocycles. The van der Waals surface area contributed by atoms with Crippen LogP contribution in [-0.2, 0) is 0 Å². The van der Waals surface area contributed by atoms with Gasteiger partial charge in [-0.1, -0.05) is 13.8 Å². The summed E-state index contributed by atoms with van der Waals surface area (Å²) >= 11 is 0. The third-order valence-corrected chi connectivity index (χ3v) is 4.28. The molecule has 1 fully saturated rings. The highest BCUT2D eigenvalue weighted by Gasteiger charge is 2.29. The zero-order valence-electron chi connectivity index (χ0n) is 12.4. The van der Waals surface area contributed by atoms with E-state index >= 15 is 0 Å². The smallest absolute Gasteiger partial charge is 0.215 e. The monoisotopic (exact) mass is 263 g/mol. The average molecular weight is 263 g/mol. The number of hydrogen-bond acceptors (Lipinski definition) is 4. The maximum absolute atomic E-state index is 6.05. The molecule has 1 saturated carbocycles. The van der Waals surface area contributed by atoms with Crippen molar-refractivity contribution < 1.29 is 4.74 Å². The Morgan fingerprint density at radius 3 is 2.53 bits per heavy atom. The van der Waals surface area contributed by atoms with E-state index < -0.39 is 0 Å². The molecule has 0 aliphatic heterocycles. The van der Waals surface area contributed by atoms with Crippen molar-refractivity contribution in [1.29, 1.82) is 0 Å². The lowest BCUT2D eigenvalue weighted by atomic mass is 9.75. The Morgan fingerprint density at radius 1 is 1.32 bits per heavy atom. The molecule has 0 amide bonds. The lowest BCUT2D eigenvalue weighted by Gasteiger charge is -2.39. The summed E-state index contributed by atoms with van der Waals surface area (Å²) in [5.41, 5.74) is 7.24. The number of rotatable bonds is 3. The molecule has 19 heavy (non-hydrogen) atoms. The first-order chi connectivity index (χ1) is 8.93. The van der Waals surface area contributed by atoms with Gasteiger partial charge in [0.2, 0.25) is 5.88 Å². The quantitative estimate of drug-likeness (QED) is 0.910. The maximum Gasteiger partial charge on any atom is 0.215 e. The van der Waals surface area contributed by atoms with Crippen LogP contribution in [0.15, 0.2) is 12.1 Å². The number of nitrogen functional groups attached to an aromatic ring is 1. The Labute approximate surface area is 116 Å². The second kappa shape index (κ2) is 5.27. The van der Waals surface area contributed by atoms with Crippen LogP contribution in [0.3, 0.4) is 0 Å². The number of anilines is 2. The van der Waals surface area contributed by atoms with E-state index in [0.29, 0.717) is 23.0 Å². The second-order valence-corrected chi connectivity index (χ2v) is 6.27. The van der Waals surface area contributed by atoms with Crippen LogP contribution in [0.5, 0.6) is 5.88 Å². The van der Waals surface area contributed by atoms with Crippen molar-refractivity contribution >= 4 is 11.5 Å². The predicted molar refractivity (Wildman–Crippen MR) is 79.6 cm³/mol. The lowest BCUT2D eigenvalue weighted by molar-refractivity contribution is 0.222. The molecule has 1 aliphatic rings. The van der Waals surface area contributed by atoms with Crippen molar-refractivity contribution in [3.8, 4) is 5.88 Å². The molecule has 2 rings (SSSR count). The maximum atomic E-state index is 6.05. The number of methoxy groups -OCH3 is 1. The van der Waals surface area contributed by atoms with Gasteiger partial charge < -0.3 is 15.4 Å². The van der Waals surface area contributed by atoms with Gasteiger partial charge in [0.15, 0.2) is 5.82 Å². The minimum absolute atomic E-state index is 0.477. The molecule has 106 valence electrons. The van der Waals surface area contributed by atoms with Crippen LogP contribution in [0.4, 0.5) is 11.5 Å². The van der Waals surface area contributed by atoms with Gasteiger partial charge in [-0.05, 0) is 37.2 Å². The van der Waals surface area contributed by atoms with Crippen LogP contribution >= 0.6 is 0 Å². The van der Waals surface area contributed by atoms with Gasteiger partial charge in [-0.25, -0.2) is 0 Å². The van der Waals surface area contributed by atoms with Crippen LogP contribution in [-0.4, -0.2) is 25.2 Å². The number of nitrogens with two attached hydrogens (primary N) is 1. The SMILES string of the molecule is COc1ccc(N)c(N(C)C2CCC(C)(C)CC2)n1. The molecule has 0 spiro atoms. The number of ether oxygens (including phenoxy) is 1. The molecule has 1 heterocycles. The highest BCUT2D eigenvalue weighted by molar-refractivity contribution is 5.63. The van der Waals surface area contributed by atoms with Crippen molar-refractivity contribution in [2.45, 2.75) is 45.6 Å². The fourth-order valence-corrected chi connectivity index (χ4v) is 2.78. The fourth-order valence-electron chi connectivity index (χ4n) is 2.78.